The lowest BCUT2D eigenvalue weighted by Gasteiger charge is -2.20. The Bertz CT molecular complexity index is 1510. The highest BCUT2D eigenvalue weighted by Gasteiger charge is 2.36. The summed E-state index contributed by atoms with van der Waals surface area (Å²) in [4.78, 5) is 21.9. The summed E-state index contributed by atoms with van der Waals surface area (Å²) in [5, 5.41) is 0. The molecule has 0 unspecified atom stereocenters. The number of carbonyl (C=O) groups excluding carboxylic acids is 2. The molecule has 0 atom stereocenters. The SMILES string of the molecule is C=CC(=O)OCC=CCCCCCOc1ccc(C(F)(F)Oc2ccc(OC(F)(F)c3ccc(OCCCCCC=CCOC(=O)C=C)cc3)cc2)cc1. The van der Waals surface area contributed by atoms with Crippen LogP contribution in [-0.2, 0) is 31.3 Å². The maximum absolute atomic E-state index is 14.9. The van der Waals surface area contributed by atoms with Crippen molar-refractivity contribution in [3.8, 4) is 23.0 Å². The van der Waals surface area contributed by atoms with E-state index in [9.17, 15) is 27.2 Å². The second kappa shape index (κ2) is 23.2. The van der Waals surface area contributed by atoms with Crippen LogP contribution in [0.15, 0.2) is 122 Å². The molecule has 0 aliphatic heterocycles. The van der Waals surface area contributed by atoms with Crippen LogP contribution in [0, 0.1) is 0 Å². The van der Waals surface area contributed by atoms with Gasteiger partial charge in [-0.25, -0.2) is 9.59 Å². The summed E-state index contributed by atoms with van der Waals surface area (Å²) in [7, 11) is 0. The van der Waals surface area contributed by atoms with Gasteiger partial charge in [-0.1, -0.05) is 37.5 Å². The first-order chi connectivity index (χ1) is 26.0. The van der Waals surface area contributed by atoms with E-state index in [0.29, 0.717) is 24.7 Å². The molecule has 3 aromatic carbocycles. The Morgan fingerprint density at radius 2 is 0.852 bits per heavy atom. The van der Waals surface area contributed by atoms with Crippen molar-refractivity contribution in [3.05, 3.63) is 134 Å². The fourth-order valence-corrected chi connectivity index (χ4v) is 4.69. The molecule has 0 radical (unpaired) electrons. The summed E-state index contributed by atoms with van der Waals surface area (Å²) >= 11 is 0. The minimum Gasteiger partial charge on any atom is -0.494 e. The first kappa shape index (κ1) is 42.9. The van der Waals surface area contributed by atoms with Crippen LogP contribution in [0.5, 0.6) is 23.0 Å². The molecule has 8 nitrogen and oxygen atoms in total. The molecule has 0 saturated heterocycles. The number of ether oxygens (including phenoxy) is 6. The van der Waals surface area contributed by atoms with Crippen LogP contribution < -0.4 is 18.9 Å². The summed E-state index contributed by atoms with van der Waals surface area (Å²) in [6.45, 7) is 7.89. The normalized spacial score (nSPS) is 11.6. The smallest absolute Gasteiger partial charge is 0.426 e. The van der Waals surface area contributed by atoms with Gasteiger partial charge in [-0.3, -0.25) is 0 Å². The predicted octanol–water partition coefficient (Wildman–Crippen LogP) is 10.4. The van der Waals surface area contributed by atoms with Gasteiger partial charge in [0.2, 0.25) is 0 Å². The van der Waals surface area contributed by atoms with Crippen molar-refractivity contribution in [3.63, 3.8) is 0 Å². The van der Waals surface area contributed by atoms with E-state index in [-0.39, 0.29) is 24.7 Å². The molecule has 0 saturated carbocycles. The number of halogens is 4. The third kappa shape index (κ3) is 16.4. The molecule has 0 fully saturated rings. The Labute approximate surface area is 313 Å². The highest BCUT2D eigenvalue weighted by atomic mass is 19.3. The Morgan fingerprint density at radius 3 is 1.20 bits per heavy atom. The lowest BCUT2D eigenvalue weighted by Crippen LogP contribution is -2.22. The number of hydrogen-bond donors (Lipinski definition) is 0. The summed E-state index contributed by atoms with van der Waals surface area (Å²) in [6.07, 6.45) is 9.05. The zero-order valence-corrected chi connectivity index (χ0v) is 30.1. The topological polar surface area (TPSA) is 89.5 Å². The quantitative estimate of drug-likeness (QED) is 0.0263. The molecule has 54 heavy (non-hydrogen) atoms. The van der Waals surface area contributed by atoms with Gasteiger partial charge in [0.15, 0.2) is 0 Å². The van der Waals surface area contributed by atoms with Crippen LogP contribution in [0.25, 0.3) is 0 Å². The van der Waals surface area contributed by atoms with Crippen LogP contribution >= 0.6 is 0 Å². The van der Waals surface area contributed by atoms with E-state index in [4.69, 9.17) is 28.4 Å². The monoisotopic (exact) mass is 754 g/mol. The summed E-state index contributed by atoms with van der Waals surface area (Å²) in [5.74, 6) is -0.553. The van der Waals surface area contributed by atoms with Crippen molar-refractivity contribution in [2.75, 3.05) is 26.4 Å². The standard InChI is InChI=1S/C42H46F4O8/c1-3-39(47)51-31-15-11-7-5-9-13-29-49-35-21-17-33(18-22-35)41(43,44)53-37-25-27-38(28-26-37)54-42(45,46)34-19-23-36(24-20-34)50-30-14-10-6-8-12-16-32-52-40(48)4-2/h3-4,11-12,15-28H,1-2,5-10,13-14,29-32H2. The number of hydrogen-bond acceptors (Lipinski definition) is 8. The Hall–Kier alpha value is -5.52. The largest absolute Gasteiger partial charge is 0.494 e. The molecule has 12 heteroatoms. The molecular formula is C42H46F4O8. The third-order valence-corrected chi connectivity index (χ3v) is 7.57. The van der Waals surface area contributed by atoms with Gasteiger partial charge < -0.3 is 28.4 Å². The van der Waals surface area contributed by atoms with Gasteiger partial charge in [0.05, 0.1) is 24.3 Å². The van der Waals surface area contributed by atoms with Crippen molar-refractivity contribution in [1.29, 1.82) is 0 Å². The number of carbonyl (C=O) groups is 2. The lowest BCUT2D eigenvalue weighted by molar-refractivity contribution is -0.188. The molecule has 0 aliphatic carbocycles. The first-order valence-corrected chi connectivity index (χ1v) is 17.6. The first-order valence-electron chi connectivity index (χ1n) is 17.6. The summed E-state index contributed by atoms with van der Waals surface area (Å²) < 4.78 is 90.4. The van der Waals surface area contributed by atoms with Gasteiger partial charge in [0.25, 0.3) is 0 Å². The van der Waals surface area contributed by atoms with Crippen molar-refractivity contribution >= 4 is 11.9 Å². The second-order valence-electron chi connectivity index (χ2n) is 11.8. The molecule has 3 aromatic rings. The number of benzene rings is 3. The van der Waals surface area contributed by atoms with Crippen molar-refractivity contribution in [2.45, 2.75) is 63.6 Å². The minimum absolute atomic E-state index is 0.204. The third-order valence-electron chi connectivity index (χ3n) is 7.57. The van der Waals surface area contributed by atoms with E-state index in [0.717, 1.165) is 87.8 Å². The highest BCUT2D eigenvalue weighted by Crippen LogP contribution is 2.36. The average Bonchev–Trinajstić information content (AvgIpc) is 3.17. The van der Waals surface area contributed by atoms with E-state index in [2.05, 4.69) is 13.2 Å². The fraction of sp³-hybridized carbons (Fsp3) is 0.333. The number of esters is 2. The molecule has 0 spiro atoms. The maximum Gasteiger partial charge on any atom is 0.426 e. The lowest BCUT2D eigenvalue weighted by atomic mass is 10.2. The predicted molar refractivity (Wildman–Crippen MR) is 197 cm³/mol. The van der Waals surface area contributed by atoms with Crippen LogP contribution in [0.2, 0.25) is 0 Å². The van der Waals surface area contributed by atoms with Gasteiger partial charge in [0, 0.05) is 12.2 Å². The molecule has 0 aromatic heterocycles. The number of rotatable bonds is 26. The molecule has 0 aliphatic rings. The van der Waals surface area contributed by atoms with Crippen molar-refractivity contribution in [1.82, 2.24) is 0 Å². The summed E-state index contributed by atoms with van der Waals surface area (Å²) in [6, 6.07) is 15.0. The maximum atomic E-state index is 14.9. The average molecular weight is 755 g/mol. The van der Waals surface area contributed by atoms with Crippen LogP contribution in [-0.4, -0.2) is 38.4 Å². The number of allylic oxidation sites excluding steroid dienone is 2. The van der Waals surface area contributed by atoms with Gasteiger partial charge in [-0.15, -0.1) is 0 Å². The Balaban J connectivity index is 1.35. The van der Waals surface area contributed by atoms with Crippen molar-refractivity contribution in [2.24, 2.45) is 0 Å². The van der Waals surface area contributed by atoms with Gasteiger partial charge in [0.1, 0.15) is 36.2 Å². The Morgan fingerprint density at radius 1 is 0.500 bits per heavy atom. The second-order valence-corrected chi connectivity index (χ2v) is 11.8. The zero-order chi connectivity index (χ0) is 39.1. The molecule has 290 valence electrons. The summed E-state index contributed by atoms with van der Waals surface area (Å²) in [5.41, 5.74) is -0.816. The number of alkyl halides is 4. The highest BCUT2D eigenvalue weighted by molar-refractivity contribution is 5.81. The fourth-order valence-electron chi connectivity index (χ4n) is 4.69. The van der Waals surface area contributed by atoms with E-state index < -0.39 is 35.3 Å². The molecule has 0 amide bonds. The molecule has 3 rings (SSSR count). The zero-order valence-electron chi connectivity index (χ0n) is 30.1. The van der Waals surface area contributed by atoms with E-state index in [1.807, 2.05) is 12.2 Å². The molecule has 0 heterocycles. The van der Waals surface area contributed by atoms with Gasteiger partial charge >= 0.3 is 24.2 Å². The molecule has 0 bridgehead atoms. The van der Waals surface area contributed by atoms with Gasteiger partial charge in [-0.05, 0) is 124 Å². The molecule has 0 N–H and O–H groups in total. The van der Waals surface area contributed by atoms with Crippen LogP contribution in [0.1, 0.15) is 62.5 Å². The van der Waals surface area contributed by atoms with E-state index >= 15 is 0 Å². The Kier molecular flexibility index (Phi) is 18.4. The number of unbranched alkanes of at least 4 members (excludes halogenated alkanes) is 6. The minimum atomic E-state index is -3.70. The van der Waals surface area contributed by atoms with Crippen molar-refractivity contribution < 1.29 is 55.6 Å². The van der Waals surface area contributed by atoms with E-state index in [1.54, 1.807) is 12.2 Å². The van der Waals surface area contributed by atoms with Crippen LogP contribution in [0.3, 0.4) is 0 Å². The van der Waals surface area contributed by atoms with Gasteiger partial charge in [-0.2, -0.15) is 17.6 Å². The van der Waals surface area contributed by atoms with E-state index in [1.165, 1.54) is 48.5 Å². The molecular weight excluding hydrogens is 708 g/mol. The van der Waals surface area contributed by atoms with Crippen LogP contribution in [0.4, 0.5) is 17.6 Å².